The maximum Gasteiger partial charge on any atom is 0.291 e. The van der Waals surface area contributed by atoms with Crippen molar-refractivity contribution in [3.05, 3.63) is 26.3 Å². The molecule has 2 heterocycles. The van der Waals surface area contributed by atoms with Crippen LogP contribution in [-0.4, -0.2) is 28.7 Å². The Morgan fingerprint density at radius 1 is 1.67 bits per heavy atom. The predicted octanol–water partition coefficient (Wildman–Crippen LogP) is 2.65. The number of anilines is 1. The number of nitrogens with zero attached hydrogens (tertiary/aromatic N) is 2. The molecule has 2 rings (SSSR count). The van der Waals surface area contributed by atoms with E-state index in [4.69, 9.17) is 4.74 Å². The van der Waals surface area contributed by atoms with Crippen LogP contribution < -0.4 is 5.32 Å². The molecule has 1 aromatic rings. The molecular formula is C11H14BrN3O3. The molecule has 7 heteroatoms. The molecule has 0 spiro atoms. The summed E-state index contributed by atoms with van der Waals surface area (Å²) in [5.74, 6) is 0.625. The molecule has 2 unspecified atom stereocenters. The van der Waals surface area contributed by atoms with Gasteiger partial charge < -0.3 is 10.1 Å². The van der Waals surface area contributed by atoms with E-state index in [-0.39, 0.29) is 17.8 Å². The third-order valence-corrected chi connectivity index (χ3v) is 4.10. The zero-order valence-corrected chi connectivity index (χ0v) is 11.7. The maximum absolute atomic E-state index is 10.8. The molecule has 0 amide bonds. The van der Waals surface area contributed by atoms with Gasteiger partial charge in [0.1, 0.15) is 12.0 Å². The Bertz CT molecular complexity index is 481. The van der Waals surface area contributed by atoms with Crippen molar-refractivity contribution in [1.29, 1.82) is 0 Å². The lowest BCUT2D eigenvalue weighted by Crippen LogP contribution is -2.27. The molecule has 0 radical (unpaired) electrons. The topological polar surface area (TPSA) is 77.3 Å². The third kappa shape index (κ3) is 2.46. The molecule has 1 saturated heterocycles. The quantitative estimate of drug-likeness (QED) is 0.685. The van der Waals surface area contributed by atoms with Gasteiger partial charge in [-0.05, 0) is 36.2 Å². The van der Waals surface area contributed by atoms with Crippen molar-refractivity contribution in [2.24, 2.45) is 0 Å². The fourth-order valence-electron chi connectivity index (χ4n) is 1.95. The van der Waals surface area contributed by atoms with Gasteiger partial charge in [-0.3, -0.25) is 10.1 Å². The molecule has 0 bridgehead atoms. The number of aromatic nitrogens is 1. The highest BCUT2D eigenvalue weighted by molar-refractivity contribution is 9.10. The summed E-state index contributed by atoms with van der Waals surface area (Å²) in [4.78, 5) is 14.5. The summed E-state index contributed by atoms with van der Waals surface area (Å²) in [6.45, 7) is 4.42. The van der Waals surface area contributed by atoms with Crippen LogP contribution in [0.5, 0.6) is 0 Å². The van der Waals surface area contributed by atoms with Crippen LogP contribution in [-0.2, 0) is 4.74 Å². The Balaban J connectivity index is 2.24. The number of rotatable bonds is 3. The standard InChI is InChI=1S/C11H14BrN3O3/c1-6-9(15(16)17)5-13-11(10(6)12)14-8-3-4-18-7(8)2/h5,7-8H,3-4H2,1-2H3,(H,13,14). The molecule has 0 aliphatic carbocycles. The van der Waals surface area contributed by atoms with E-state index >= 15 is 0 Å². The molecule has 1 aliphatic rings. The third-order valence-electron chi connectivity index (χ3n) is 3.13. The average Bonchev–Trinajstić information content (AvgIpc) is 2.70. The normalized spacial score (nSPS) is 23.1. The number of hydrogen-bond donors (Lipinski definition) is 1. The molecule has 0 aromatic carbocycles. The van der Waals surface area contributed by atoms with E-state index in [1.54, 1.807) is 6.92 Å². The second-order valence-electron chi connectivity index (χ2n) is 4.30. The number of nitrogens with one attached hydrogen (secondary N) is 1. The second kappa shape index (κ2) is 5.19. The minimum absolute atomic E-state index is 0.0168. The summed E-state index contributed by atoms with van der Waals surface area (Å²) >= 11 is 3.36. The van der Waals surface area contributed by atoms with Crippen molar-refractivity contribution in [2.45, 2.75) is 32.4 Å². The van der Waals surface area contributed by atoms with Crippen LogP contribution in [0.4, 0.5) is 11.5 Å². The first-order valence-electron chi connectivity index (χ1n) is 5.68. The van der Waals surface area contributed by atoms with Crippen molar-refractivity contribution in [2.75, 3.05) is 11.9 Å². The summed E-state index contributed by atoms with van der Waals surface area (Å²) in [5, 5.41) is 14.0. The Kier molecular flexibility index (Phi) is 3.82. The predicted molar refractivity (Wildman–Crippen MR) is 70.8 cm³/mol. The van der Waals surface area contributed by atoms with Crippen LogP contribution in [0.25, 0.3) is 0 Å². The van der Waals surface area contributed by atoms with Gasteiger partial charge in [-0.2, -0.15) is 0 Å². The summed E-state index contributed by atoms with van der Waals surface area (Å²) in [7, 11) is 0. The van der Waals surface area contributed by atoms with E-state index in [2.05, 4.69) is 26.2 Å². The Labute approximate surface area is 113 Å². The fraction of sp³-hybridized carbons (Fsp3) is 0.545. The van der Waals surface area contributed by atoms with E-state index in [9.17, 15) is 10.1 Å². The molecule has 1 fully saturated rings. The maximum atomic E-state index is 10.8. The van der Waals surface area contributed by atoms with Gasteiger partial charge in [0.25, 0.3) is 5.69 Å². The number of hydrogen-bond acceptors (Lipinski definition) is 5. The smallest absolute Gasteiger partial charge is 0.291 e. The highest BCUT2D eigenvalue weighted by Gasteiger charge is 2.26. The molecular weight excluding hydrogens is 302 g/mol. The van der Waals surface area contributed by atoms with Gasteiger partial charge in [0.15, 0.2) is 0 Å². The van der Waals surface area contributed by atoms with Crippen molar-refractivity contribution >= 4 is 27.4 Å². The number of halogens is 1. The zero-order valence-electron chi connectivity index (χ0n) is 10.1. The summed E-state index contributed by atoms with van der Waals surface area (Å²) in [5.41, 5.74) is 0.590. The first kappa shape index (κ1) is 13.2. The fourth-order valence-corrected chi connectivity index (χ4v) is 2.37. The van der Waals surface area contributed by atoms with Crippen LogP contribution in [0.1, 0.15) is 18.9 Å². The molecule has 1 aliphatic heterocycles. The summed E-state index contributed by atoms with van der Waals surface area (Å²) in [6.07, 6.45) is 2.31. The molecule has 2 atom stereocenters. The van der Waals surface area contributed by atoms with Crippen LogP contribution in [0, 0.1) is 17.0 Å². The Morgan fingerprint density at radius 3 is 2.94 bits per heavy atom. The molecule has 1 N–H and O–H groups in total. The monoisotopic (exact) mass is 315 g/mol. The van der Waals surface area contributed by atoms with E-state index in [1.165, 1.54) is 6.20 Å². The number of pyridine rings is 1. The minimum Gasteiger partial charge on any atom is -0.376 e. The van der Waals surface area contributed by atoms with E-state index in [0.29, 0.717) is 15.9 Å². The van der Waals surface area contributed by atoms with Gasteiger partial charge in [0, 0.05) is 12.2 Å². The van der Waals surface area contributed by atoms with E-state index in [0.717, 1.165) is 13.0 Å². The number of nitro groups is 1. The van der Waals surface area contributed by atoms with Crippen molar-refractivity contribution in [3.8, 4) is 0 Å². The lowest BCUT2D eigenvalue weighted by molar-refractivity contribution is -0.385. The summed E-state index contributed by atoms with van der Waals surface area (Å²) in [6, 6.07) is 0.189. The minimum atomic E-state index is -0.432. The van der Waals surface area contributed by atoms with Gasteiger partial charge in [-0.25, -0.2) is 4.98 Å². The lowest BCUT2D eigenvalue weighted by Gasteiger charge is -2.18. The second-order valence-corrected chi connectivity index (χ2v) is 5.10. The SMILES string of the molecule is Cc1c([N+](=O)[O-])cnc(NC2CCOC2C)c1Br. The highest BCUT2D eigenvalue weighted by atomic mass is 79.9. The van der Waals surface area contributed by atoms with E-state index in [1.807, 2.05) is 6.92 Å². The average molecular weight is 316 g/mol. The molecule has 98 valence electrons. The van der Waals surface area contributed by atoms with Gasteiger partial charge >= 0.3 is 0 Å². The van der Waals surface area contributed by atoms with Gasteiger partial charge in [-0.15, -0.1) is 0 Å². The van der Waals surface area contributed by atoms with Gasteiger partial charge in [0.2, 0.25) is 0 Å². The van der Waals surface area contributed by atoms with E-state index < -0.39 is 4.92 Å². The summed E-state index contributed by atoms with van der Waals surface area (Å²) < 4.78 is 6.09. The Hall–Kier alpha value is -1.21. The number of ether oxygens (including phenoxy) is 1. The van der Waals surface area contributed by atoms with Crippen molar-refractivity contribution in [1.82, 2.24) is 4.98 Å². The molecule has 0 saturated carbocycles. The molecule has 1 aromatic heterocycles. The van der Waals surface area contributed by atoms with Crippen LogP contribution in [0.2, 0.25) is 0 Å². The van der Waals surface area contributed by atoms with Crippen molar-refractivity contribution in [3.63, 3.8) is 0 Å². The van der Waals surface area contributed by atoms with Crippen LogP contribution in [0.3, 0.4) is 0 Å². The first-order chi connectivity index (χ1) is 8.50. The van der Waals surface area contributed by atoms with Gasteiger partial charge in [-0.1, -0.05) is 0 Å². The zero-order chi connectivity index (χ0) is 13.3. The van der Waals surface area contributed by atoms with Crippen molar-refractivity contribution < 1.29 is 9.66 Å². The van der Waals surface area contributed by atoms with Crippen LogP contribution in [0.15, 0.2) is 10.7 Å². The van der Waals surface area contributed by atoms with Gasteiger partial charge in [0.05, 0.1) is 21.5 Å². The Morgan fingerprint density at radius 2 is 2.39 bits per heavy atom. The highest BCUT2D eigenvalue weighted by Crippen LogP contribution is 2.31. The molecule has 18 heavy (non-hydrogen) atoms. The van der Waals surface area contributed by atoms with Crippen LogP contribution >= 0.6 is 15.9 Å². The first-order valence-corrected chi connectivity index (χ1v) is 6.47. The lowest BCUT2D eigenvalue weighted by atomic mass is 10.1. The molecule has 6 nitrogen and oxygen atoms in total. The largest absolute Gasteiger partial charge is 0.376 e.